The molecule has 28 heavy (non-hydrogen) atoms. The number of halogens is 1. The Morgan fingerprint density at radius 3 is 2.32 bits per heavy atom. The Balaban J connectivity index is 1.39. The van der Waals surface area contributed by atoms with Crippen LogP contribution in [0.25, 0.3) is 11.5 Å². The molecular weight excluding hydrogens is 400 g/mol. The summed E-state index contributed by atoms with van der Waals surface area (Å²) in [6.45, 7) is 2.40. The Labute approximate surface area is 168 Å². The van der Waals surface area contributed by atoms with Gasteiger partial charge in [-0.3, -0.25) is 4.90 Å². The standard InChI is InChI=1S/C19H19ClN4O3S/c20-16-8-4-5-9-17(16)28(25,26)24-12-10-23(11-13-24)14-18-21-22-19(27-18)15-6-2-1-3-7-15/h1-9H,10-14H2. The third-order valence-electron chi connectivity index (χ3n) is 4.63. The summed E-state index contributed by atoms with van der Waals surface area (Å²) in [5.74, 6) is 0.997. The van der Waals surface area contributed by atoms with Gasteiger partial charge in [-0.15, -0.1) is 10.2 Å². The lowest BCUT2D eigenvalue weighted by Crippen LogP contribution is -2.48. The molecule has 1 aromatic heterocycles. The maximum absolute atomic E-state index is 12.8. The van der Waals surface area contributed by atoms with Crippen molar-refractivity contribution in [2.45, 2.75) is 11.4 Å². The zero-order chi connectivity index (χ0) is 19.6. The zero-order valence-electron chi connectivity index (χ0n) is 15.0. The Bertz CT molecular complexity index is 1050. The summed E-state index contributed by atoms with van der Waals surface area (Å²) >= 11 is 6.07. The second-order valence-corrected chi connectivity index (χ2v) is 8.79. The van der Waals surface area contributed by atoms with E-state index in [0.717, 1.165) is 5.56 Å². The van der Waals surface area contributed by atoms with E-state index >= 15 is 0 Å². The van der Waals surface area contributed by atoms with Gasteiger partial charge in [0, 0.05) is 31.7 Å². The first-order valence-electron chi connectivity index (χ1n) is 8.89. The molecule has 0 atom stereocenters. The molecule has 1 aliphatic heterocycles. The summed E-state index contributed by atoms with van der Waals surface area (Å²) in [4.78, 5) is 2.25. The predicted octanol–water partition coefficient (Wildman–Crippen LogP) is 2.90. The molecule has 4 rings (SSSR count). The van der Waals surface area contributed by atoms with E-state index in [1.807, 2.05) is 30.3 Å². The minimum atomic E-state index is -3.60. The number of piperazine rings is 1. The van der Waals surface area contributed by atoms with Crippen LogP contribution in [0, 0.1) is 0 Å². The predicted molar refractivity (Wildman–Crippen MR) is 105 cm³/mol. The van der Waals surface area contributed by atoms with Crippen LogP contribution < -0.4 is 0 Å². The number of rotatable bonds is 5. The van der Waals surface area contributed by atoms with Crippen LogP contribution in [-0.4, -0.2) is 54.0 Å². The van der Waals surface area contributed by atoms with Crippen LogP contribution in [-0.2, 0) is 16.6 Å². The molecule has 1 aliphatic rings. The van der Waals surface area contributed by atoms with E-state index in [1.54, 1.807) is 18.2 Å². The monoisotopic (exact) mass is 418 g/mol. The van der Waals surface area contributed by atoms with Gasteiger partial charge in [0.2, 0.25) is 21.8 Å². The molecule has 2 heterocycles. The number of hydrogen-bond acceptors (Lipinski definition) is 6. The lowest BCUT2D eigenvalue weighted by molar-refractivity contribution is 0.168. The summed E-state index contributed by atoms with van der Waals surface area (Å²) in [5.41, 5.74) is 0.872. The highest BCUT2D eigenvalue weighted by atomic mass is 35.5. The van der Waals surface area contributed by atoms with E-state index in [-0.39, 0.29) is 9.92 Å². The van der Waals surface area contributed by atoms with E-state index in [0.29, 0.717) is 44.5 Å². The fourth-order valence-electron chi connectivity index (χ4n) is 3.13. The molecular formula is C19H19ClN4O3S. The number of hydrogen-bond donors (Lipinski definition) is 0. The van der Waals surface area contributed by atoms with Crippen molar-refractivity contribution in [3.05, 3.63) is 65.5 Å². The van der Waals surface area contributed by atoms with E-state index in [9.17, 15) is 8.42 Å². The average Bonchev–Trinajstić information content (AvgIpc) is 3.18. The largest absolute Gasteiger partial charge is 0.419 e. The Hall–Kier alpha value is -2.26. The summed E-state index contributed by atoms with van der Waals surface area (Å²) in [6, 6.07) is 16.1. The van der Waals surface area contributed by atoms with Gasteiger partial charge in [0.1, 0.15) is 4.90 Å². The van der Waals surface area contributed by atoms with Crippen molar-refractivity contribution >= 4 is 21.6 Å². The summed E-state index contributed by atoms with van der Waals surface area (Å²) in [6.07, 6.45) is 0. The molecule has 0 unspecified atom stereocenters. The molecule has 3 aromatic rings. The van der Waals surface area contributed by atoms with Gasteiger partial charge in [-0.05, 0) is 24.3 Å². The van der Waals surface area contributed by atoms with Gasteiger partial charge >= 0.3 is 0 Å². The second kappa shape index (κ2) is 8.00. The highest BCUT2D eigenvalue weighted by molar-refractivity contribution is 7.89. The third kappa shape index (κ3) is 3.95. The molecule has 146 valence electrons. The molecule has 0 bridgehead atoms. The van der Waals surface area contributed by atoms with Crippen molar-refractivity contribution in [3.8, 4) is 11.5 Å². The van der Waals surface area contributed by atoms with Crippen LogP contribution in [0.2, 0.25) is 5.02 Å². The van der Waals surface area contributed by atoms with Gasteiger partial charge < -0.3 is 4.42 Å². The molecule has 0 aliphatic carbocycles. The van der Waals surface area contributed by atoms with Crippen molar-refractivity contribution in [1.29, 1.82) is 0 Å². The normalized spacial score (nSPS) is 16.3. The van der Waals surface area contributed by atoms with E-state index in [2.05, 4.69) is 15.1 Å². The van der Waals surface area contributed by atoms with Gasteiger partial charge in [0.05, 0.1) is 11.6 Å². The van der Waals surface area contributed by atoms with Crippen LogP contribution in [0.5, 0.6) is 0 Å². The van der Waals surface area contributed by atoms with Crippen LogP contribution in [0.4, 0.5) is 0 Å². The quantitative estimate of drug-likeness (QED) is 0.633. The van der Waals surface area contributed by atoms with Crippen LogP contribution in [0.3, 0.4) is 0 Å². The molecule has 0 spiro atoms. The zero-order valence-corrected chi connectivity index (χ0v) is 16.6. The first-order chi connectivity index (χ1) is 13.5. The van der Waals surface area contributed by atoms with Crippen molar-refractivity contribution in [3.63, 3.8) is 0 Å². The number of benzene rings is 2. The van der Waals surface area contributed by atoms with Crippen LogP contribution in [0.15, 0.2) is 63.9 Å². The maximum Gasteiger partial charge on any atom is 0.247 e. The molecule has 2 aromatic carbocycles. The molecule has 0 radical (unpaired) electrons. The summed E-state index contributed by atoms with van der Waals surface area (Å²) < 4.78 is 32.8. The number of sulfonamides is 1. The minimum absolute atomic E-state index is 0.148. The van der Waals surface area contributed by atoms with Crippen molar-refractivity contribution in [2.24, 2.45) is 0 Å². The topological polar surface area (TPSA) is 79.5 Å². The molecule has 1 saturated heterocycles. The van der Waals surface area contributed by atoms with Gasteiger partial charge in [0.25, 0.3) is 0 Å². The molecule has 0 amide bonds. The highest BCUT2D eigenvalue weighted by Gasteiger charge is 2.30. The Morgan fingerprint density at radius 1 is 0.929 bits per heavy atom. The van der Waals surface area contributed by atoms with E-state index in [1.165, 1.54) is 10.4 Å². The van der Waals surface area contributed by atoms with Crippen molar-refractivity contribution in [2.75, 3.05) is 26.2 Å². The van der Waals surface area contributed by atoms with Gasteiger partial charge in [-0.1, -0.05) is 41.9 Å². The van der Waals surface area contributed by atoms with Crippen molar-refractivity contribution < 1.29 is 12.8 Å². The van der Waals surface area contributed by atoms with Crippen LogP contribution >= 0.6 is 11.6 Å². The molecule has 7 nitrogen and oxygen atoms in total. The second-order valence-electron chi connectivity index (χ2n) is 6.48. The highest BCUT2D eigenvalue weighted by Crippen LogP contribution is 2.25. The van der Waals surface area contributed by atoms with Crippen LogP contribution in [0.1, 0.15) is 5.89 Å². The summed E-state index contributed by atoms with van der Waals surface area (Å²) in [5, 5.41) is 8.44. The Kier molecular flexibility index (Phi) is 5.45. The van der Waals surface area contributed by atoms with Gasteiger partial charge in [0.15, 0.2) is 0 Å². The molecule has 0 saturated carbocycles. The minimum Gasteiger partial charge on any atom is -0.419 e. The fourth-order valence-corrected chi connectivity index (χ4v) is 5.04. The first-order valence-corrected chi connectivity index (χ1v) is 10.7. The Morgan fingerprint density at radius 2 is 1.61 bits per heavy atom. The SMILES string of the molecule is O=S(=O)(c1ccccc1Cl)N1CCN(Cc2nnc(-c3ccccc3)o2)CC1. The molecule has 0 N–H and O–H groups in total. The fraction of sp³-hybridized carbons (Fsp3) is 0.263. The number of nitrogens with zero attached hydrogens (tertiary/aromatic N) is 4. The lowest BCUT2D eigenvalue weighted by atomic mass is 10.2. The maximum atomic E-state index is 12.8. The van der Waals surface area contributed by atoms with E-state index < -0.39 is 10.0 Å². The smallest absolute Gasteiger partial charge is 0.247 e. The lowest BCUT2D eigenvalue weighted by Gasteiger charge is -2.33. The summed E-state index contributed by atoms with van der Waals surface area (Å²) in [7, 11) is -3.60. The molecule has 9 heteroatoms. The number of aromatic nitrogens is 2. The van der Waals surface area contributed by atoms with Gasteiger partial charge in [-0.25, -0.2) is 8.42 Å². The van der Waals surface area contributed by atoms with Crippen molar-refractivity contribution in [1.82, 2.24) is 19.4 Å². The average molecular weight is 419 g/mol. The third-order valence-corrected chi connectivity index (χ3v) is 7.03. The molecule has 1 fully saturated rings. The van der Waals surface area contributed by atoms with Gasteiger partial charge in [-0.2, -0.15) is 4.31 Å². The first kappa shape index (κ1) is 19.1. The van der Waals surface area contributed by atoms with E-state index in [4.69, 9.17) is 16.0 Å².